The molecule has 2 amide bonds. The molecule has 1 aromatic heterocycles. The highest BCUT2D eigenvalue weighted by Gasteiger charge is 2.29. The van der Waals surface area contributed by atoms with E-state index in [9.17, 15) is 9.59 Å². The number of ether oxygens (including phenoxy) is 2. The highest BCUT2D eigenvalue weighted by Crippen LogP contribution is 2.30. The molecule has 7 nitrogen and oxygen atoms in total. The summed E-state index contributed by atoms with van der Waals surface area (Å²) in [5.41, 5.74) is 1.27. The van der Waals surface area contributed by atoms with Crippen molar-refractivity contribution in [2.24, 2.45) is 5.92 Å². The molecule has 0 spiro atoms. The molecule has 0 atom stereocenters. The number of benzene rings is 1. The van der Waals surface area contributed by atoms with E-state index in [4.69, 9.17) is 9.47 Å². The Bertz CT molecular complexity index is 740. The Labute approximate surface area is 145 Å². The summed E-state index contributed by atoms with van der Waals surface area (Å²) >= 11 is 0. The third kappa shape index (κ3) is 4.94. The fraction of sp³-hybridized carbons (Fsp3) is 0.278. The van der Waals surface area contributed by atoms with Gasteiger partial charge in [-0.25, -0.2) is 4.98 Å². The smallest absolute Gasteiger partial charge is 0.262 e. The first-order valence-electron chi connectivity index (χ1n) is 7.97. The largest absolute Gasteiger partial charge is 0.497 e. The summed E-state index contributed by atoms with van der Waals surface area (Å²) in [7, 11) is 1.58. The number of carbonyl (C=O) groups excluding carboxylic acids is 2. The zero-order valence-electron chi connectivity index (χ0n) is 13.8. The molecule has 0 radical (unpaired) electrons. The van der Waals surface area contributed by atoms with Gasteiger partial charge in [0, 0.05) is 17.7 Å². The molecular weight excluding hydrogens is 322 g/mol. The average Bonchev–Trinajstić information content (AvgIpc) is 3.47. The molecule has 7 heteroatoms. The van der Waals surface area contributed by atoms with Crippen molar-refractivity contribution in [3.8, 4) is 11.6 Å². The van der Waals surface area contributed by atoms with Gasteiger partial charge in [-0.15, -0.1) is 0 Å². The second kappa shape index (κ2) is 7.65. The third-order valence-corrected chi connectivity index (χ3v) is 3.68. The number of pyridine rings is 1. The summed E-state index contributed by atoms with van der Waals surface area (Å²) in [4.78, 5) is 27.6. The summed E-state index contributed by atoms with van der Waals surface area (Å²) in [5, 5.41) is 5.51. The second-order valence-corrected chi connectivity index (χ2v) is 5.71. The van der Waals surface area contributed by atoms with Gasteiger partial charge in [-0.2, -0.15) is 0 Å². The Morgan fingerprint density at radius 2 is 1.80 bits per heavy atom. The van der Waals surface area contributed by atoms with E-state index in [-0.39, 0.29) is 24.3 Å². The van der Waals surface area contributed by atoms with E-state index in [1.807, 2.05) is 0 Å². The third-order valence-electron chi connectivity index (χ3n) is 3.68. The number of hydrogen-bond acceptors (Lipinski definition) is 5. The molecule has 1 aliphatic carbocycles. The van der Waals surface area contributed by atoms with Crippen LogP contribution in [0.5, 0.6) is 11.6 Å². The predicted octanol–water partition coefficient (Wildman–Crippen LogP) is 2.46. The van der Waals surface area contributed by atoms with Crippen molar-refractivity contribution in [3.63, 3.8) is 0 Å². The van der Waals surface area contributed by atoms with Gasteiger partial charge in [-0.1, -0.05) is 0 Å². The average molecular weight is 341 g/mol. The lowest BCUT2D eigenvalue weighted by Crippen LogP contribution is -2.20. The molecule has 1 aliphatic rings. The van der Waals surface area contributed by atoms with Crippen molar-refractivity contribution >= 4 is 23.2 Å². The van der Waals surface area contributed by atoms with E-state index in [1.165, 1.54) is 6.20 Å². The number of carbonyl (C=O) groups is 2. The van der Waals surface area contributed by atoms with Crippen molar-refractivity contribution in [2.75, 3.05) is 24.4 Å². The van der Waals surface area contributed by atoms with Crippen molar-refractivity contribution in [1.29, 1.82) is 0 Å². The van der Waals surface area contributed by atoms with Crippen molar-refractivity contribution in [1.82, 2.24) is 4.98 Å². The van der Waals surface area contributed by atoms with Crippen LogP contribution in [0.1, 0.15) is 12.8 Å². The highest BCUT2D eigenvalue weighted by molar-refractivity contribution is 5.94. The molecule has 2 N–H and O–H groups in total. The Kier molecular flexibility index (Phi) is 5.13. The van der Waals surface area contributed by atoms with Gasteiger partial charge >= 0.3 is 0 Å². The summed E-state index contributed by atoms with van der Waals surface area (Å²) in [6, 6.07) is 10.3. The van der Waals surface area contributed by atoms with Gasteiger partial charge in [-0.05, 0) is 43.2 Å². The quantitative estimate of drug-likeness (QED) is 0.807. The molecular formula is C18H19N3O4. The van der Waals surface area contributed by atoms with Gasteiger partial charge < -0.3 is 20.1 Å². The summed E-state index contributed by atoms with van der Waals surface area (Å²) in [5.74, 6) is 0.895. The Morgan fingerprint density at radius 1 is 1.08 bits per heavy atom. The van der Waals surface area contributed by atoms with Crippen molar-refractivity contribution < 1.29 is 19.1 Å². The maximum Gasteiger partial charge on any atom is 0.262 e. The Hall–Kier alpha value is -3.09. The first kappa shape index (κ1) is 16.8. The zero-order chi connectivity index (χ0) is 17.6. The molecule has 130 valence electrons. The fourth-order valence-electron chi connectivity index (χ4n) is 2.14. The topological polar surface area (TPSA) is 89.5 Å². The van der Waals surface area contributed by atoms with Crippen LogP contribution >= 0.6 is 0 Å². The number of nitrogens with one attached hydrogen (secondary N) is 2. The summed E-state index contributed by atoms with van der Waals surface area (Å²) in [6.45, 7) is -0.160. The Morgan fingerprint density at radius 3 is 2.40 bits per heavy atom. The SMILES string of the molecule is COc1ccc(NC(=O)COc2ccc(NC(=O)C3CC3)cn2)cc1. The van der Waals surface area contributed by atoms with Gasteiger partial charge in [-0.3, -0.25) is 9.59 Å². The maximum atomic E-state index is 11.9. The normalized spacial score (nSPS) is 13.0. The Balaban J connectivity index is 1.45. The van der Waals surface area contributed by atoms with Crippen molar-refractivity contribution in [3.05, 3.63) is 42.6 Å². The number of aromatic nitrogens is 1. The van der Waals surface area contributed by atoms with E-state index in [0.29, 0.717) is 23.0 Å². The van der Waals surface area contributed by atoms with Crippen LogP contribution < -0.4 is 20.1 Å². The van der Waals surface area contributed by atoms with Crippen LogP contribution in [-0.2, 0) is 9.59 Å². The van der Waals surface area contributed by atoms with E-state index in [0.717, 1.165) is 12.8 Å². The molecule has 0 unspecified atom stereocenters. The number of amides is 2. The number of anilines is 2. The van der Waals surface area contributed by atoms with Gasteiger partial charge in [0.25, 0.3) is 5.91 Å². The summed E-state index contributed by atoms with van der Waals surface area (Å²) in [6.07, 6.45) is 3.41. The summed E-state index contributed by atoms with van der Waals surface area (Å²) < 4.78 is 10.4. The molecule has 2 aromatic rings. The predicted molar refractivity (Wildman–Crippen MR) is 92.7 cm³/mol. The molecule has 25 heavy (non-hydrogen) atoms. The van der Waals surface area contributed by atoms with Crippen LogP contribution in [0.15, 0.2) is 42.6 Å². The van der Waals surface area contributed by atoms with Gasteiger partial charge in [0.05, 0.1) is 19.0 Å². The number of rotatable bonds is 7. The first-order chi connectivity index (χ1) is 12.1. The van der Waals surface area contributed by atoms with E-state index in [2.05, 4.69) is 15.6 Å². The van der Waals surface area contributed by atoms with Crippen LogP contribution in [0.2, 0.25) is 0 Å². The van der Waals surface area contributed by atoms with E-state index < -0.39 is 0 Å². The van der Waals surface area contributed by atoms with Crippen molar-refractivity contribution in [2.45, 2.75) is 12.8 Å². The monoisotopic (exact) mass is 341 g/mol. The molecule has 1 heterocycles. The van der Waals surface area contributed by atoms with Crippen LogP contribution in [0.4, 0.5) is 11.4 Å². The molecule has 1 aromatic carbocycles. The van der Waals surface area contributed by atoms with Crippen LogP contribution in [0, 0.1) is 5.92 Å². The molecule has 1 fully saturated rings. The fourth-order valence-corrected chi connectivity index (χ4v) is 2.14. The minimum atomic E-state index is -0.293. The minimum absolute atomic E-state index is 0.0225. The first-order valence-corrected chi connectivity index (χ1v) is 7.97. The number of hydrogen-bond donors (Lipinski definition) is 2. The standard InChI is InChI=1S/C18H19N3O4/c1-24-15-7-4-13(5-8-15)20-16(22)11-25-17-9-6-14(10-19-17)21-18(23)12-2-3-12/h4-10,12H,2-3,11H2,1H3,(H,20,22)(H,21,23). The van der Waals surface area contributed by atoms with Crippen LogP contribution in [0.25, 0.3) is 0 Å². The second-order valence-electron chi connectivity index (χ2n) is 5.71. The molecule has 0 aliphatic heterocycles. The van der Waals surface area contributed by atoms with E-state index >= 15 is 0 Å². The lowest BCUT2D eigenvalue weighted by Gasteiger charge is -2.08. The maximum absolute atomic E-state index is 11.9. The van der Waals surface area contributed by atoms with Crippen LogP contribution in [0.3, 0.4) is 0 Å². The van der Waals surface area contributed by atoms with Gasteiger partial charge in [0.15, 0.2) is 6.61 Å². The highest BCUT2D eigenvalue weighted by atomic mass is 16.5. The van der Waals surface area contributed by atoms with E-state index in [1.54, 1.807) is 43.5 Å². The number of nitrogens with zero attached hydrogens (tertiary/aromatic N) is 1. The molecule has 0 saturated heterocycles. The van der Waals surface area contributed by atoms with Gasteiger partial charge in [0.1, 0.15) is 5.75 Å². The van der Waals surface area contributed by atoms with Gasteiger partial charge in [0.2, 0.25) is 11.8 Å². The van der Waals surface area contributed by atoms with Crippen LogP contribution in [-0.4, -0.2) is 30.5 Å². The molecule has 0 bridgehead atoms. The molecule has 3 rings (SSSR count). The lowest BCUT2D eigenvalue weighted by atomic mass is 10.3. The number of methoxy groups -OCH3 is 1. The molecule has 1 saturated carbocycles. The lowest BCUT2D eigenvalue weighted by molar-refractivity contribution is -0.118. The minimum Gasteiger partial charge on any atom is -0.497 e. The zero-order valence-corrected chi connectivity index (χ0v) is 13.8.